The molecule has 3 rings (SSSR count). The van der Waals surface area contributed by atoms with Crippen LogP contribution in [0.25, 0.3) is 11.5 Å². The minimum absolute atomic E-state index is 0.218. The second-order valence-electron chi connectivity index (χ2n) is 5.78. The number of aryl methyl sites for hydroxylation is 1. The van der Waals surface area contributed by atoms with Gasteiger partial charge in [-0.15, -0.1) is 10.2 Å². The highest BCUT2D eigenvalue weighted by Crippen LogP contribution is 2.30. The standard InChI is InChI=1S/C15H22N6OS/c1-5-6-12(22)21-8-7-11-10(9-21)13(18-20(11)3)14-16-17-15(23-4)19(14)2/h5-9H2,1-4H3. The van der Waals surface area contributed by atoms with Crippen LogP contribution in [0.2, 0.25) is 0 Å². The van der Waals surface area contributed by atoms with Crippen LogP contribution in [-0.4, -0.2) is 48.2 Å². The lowest BCUT2D eigenvalue weighted by Gasteiger charge is -2.27. The van der Waals surface area contributed by atoms with Gasteiger partial charge in [-0.05, 0) is 12.7 Å². The maximum atomic E-state index is 12.2. The molecule has 0 aliphatic carbocycles. The molecule has 8 heteroatoms. The van der Waals surface area contributed by atoms with Gasteiger partial charge < -0.3 is 9.47 Å². The van der Waals surface area contributed by atoms with E-state index in [0.717, 1.165) is 41.6 Å². The predicted octanol–water partition coefficient (Wildman–Crippen LogP) is 1.62. The molecule has 124 valence electrons. The van der Waals surface area contributed by atoms with Gasteiger partial charge in [-0.25, -0.2) is 0 Å². The normalized spacial score (nSPS) is 14.2. The van der Waals surface area contributed by atoms with Gasteiger partial charge >= 0.3 is 0 Å². The van der Waals surface area contributed by atoms with Crippen molar-refractivity contribution in [1.82, 2.24) is 29.4 Å². The second kappa shape index (κ2) is 6.35. The maximum absolute atomic E-state index is 12.2. The van der Waals surface area contributed by atoms with E-state index in [1.54, 1.807) is 11.8 Å². The molecule has 0 saturated carbocycles. The number of hydrogen-bond donors (Lipinski definition) is 0. The molecule has 7 nitrogen and oxygen atoms in total. The highest BCUT2D eigenvalue weighted by Gasteiger charge is 2.28. The second-order valence-corrected chi connectivity index (χ2v) is 6.56. The van der Waals surface area contributed by atoms with Crippen molar-refractivity contribution in [2.45, 2.75) is 37.9 Å². The fraction of sp³-hybridized carbons (Fsp3) is 0.600. The topological polar surface area (TPSA) is 68.8 Å². The van der Waals surface area contributed by atoms with Crippen molar-refractivity contribution < 1.29 is 4.79 Å². The van der Waals surface area contributed by atoms with Crippen molar-refractivity contribution in [3.63, 3.8) is 0 Å². The molecule has 2 aromatic rings. The third-order valence-electron chi connectivity index (χ3n) is 4.29. The average molecular weight is 334 g/mol. The summed E-state index contributed by atoms with van der Waals surface area (Å²) in [5, 5.41) is 14.0. The van der Waals surface area contributed by atoms with E-state index in [4.69, 9.17) is 0 Å². The van der Waals surface area contributed by atoms with Gasteiger partial charge in [0.15, 0.2) is 11.0 Å². The van der Waals surface area contributed by atoms with E-state index in [0.29, 0.717) is 13.0 Å². The van der Waals surface area contributed by atoms with Crippen molar-refractivity contribution in [1.29, 1.82) is 0 Å². The molecule has 0 spiro atoms. The van der Waals surface area contributed by atoms with Crippen molar-refractivity contribution in [3.8, 4) is 11.5 Å². The molecule has 0 radical (unpaired) electrons. The molecule has 0 fully saturated rings. The Morgan fingerprint density at radius 2 is 2.09 bits per heavy atom. The summed E-state index contributed by atoms with van der Waals surface area (Å²) >= 11 is 1.56. The van der Waals surface area contributed by atoms with E-state index in [1.165, 1.54) is 5.69 Å². The molecule has 1 aliphatic rings. The number of fused-ring (bicyclic) bond motifs is 1. The Balaban J connectivity index is 1.98. The minimum atomic E-state index is 0.218. The number of rotatable bonds is 4. The van der Waals surface area contributed by atoms with Gasteiger partial charge in [-0.2, -0.15) is 5.10 Å². The highest BCUT2D eigenvalue weighted by atomic mass is 32.2. The summed E-state index contributed by atoms with van der Waals surface area (Å²) in [5.41, 5.74) is 3.13. The average Bonchev–Trinajstić information content (AvgIpc) is 3.07. The van der Waals surface area contributed by atoms with E-state index in [9.17, 15) is 4.79 Å². The quantitative estimate of drug-likeness (QED) is 0.795. The van der Waals surface area contributed by atoms with Crippen molar-refractivity contribution >= 4 is 17.7 Å². The Kier molecular flexibility index (Phi) is 4.43. The Hall–Kier alpha value is -1.83. The van der Waals surface area contributed by atoms with Gasteiger partial charge in [-0.3, -0.25) is 9.48 Å². The van der Waals surface area contributed by atoms with Gasteiger partial charge in [0.25, 0.3) is 0 Å². The molecular weight excluding hydrogens is 312 g/mol. The van der Waals surface area contributed by atoms with Crippen LogP contribution in [0, 0.1) is 0 Å². The molecule has 0 aromatic carbocycles. The highest BCUT2D eigenvalue weighted by molar-refractivity contribution is 7.98. The third kappa shape index (κ3) is 2.75. The summed E-state index contributed by atoms with van der Waals surface area (Å²) in [4.78, 5) is 14.2. The van der Waals surface area contributed by atoms with Crippen LogP contribution in [-0.2, 0) is 31.9 Å². The Bertz CT molecular complexity index is 735. The molecule has 0 unspecified atom stereocenters. The number of carbonyl (C=O) groups excluding carboxylic acids is 1. The monoisotopic (exact) mass is 334 g/mol. The zero-order valence-electron chi connectivity index (χ0n) is 14.0. The fourth-order valence-corrected chi connectivity index (χ4v) is 3.54. The van der Waals surface area contributed by atoms with E-state index in [2.05, 4.69) is 15.3 Å². The lowest BCUT2D eigenvalue weighted by Crippen LogP contribution is -2.36. The third-order valence-corrected chi connectivity index (χ3v) is 5.01. The van der Waals surface area contributed by atoms with Gasteiger partial charge in [0.2, 0.25) is 5.91 Å². The number of hydrogen-bond acceptors (Lipinski definition) is 5. The van der Waals surface area contributed by atoms with Crippen molar-refractivity contribution in [2.75, 3.05) is 12.8 Å². The Labute approximate surface area is 140 Å². The maximum Gasteiger partial charge on any atom is 0.222 e. The van der Waals surface area contributed by atoms with Crippen LogP contribution in [0.1, 0.15) is 31.0 Å². The molecule has 0 atom stereocenters. The molecule has 3 heterocycles. The van der Waals surface area contributed by atoms with E-state index >= 15 is 0 Å². The largest absolute Gasteiger partial charge is 0.338 e. The van der Waals surface area contributed by atoms with Crippen LogP contribution in [0.4, 0.5) is 0 Å². The first-order valence-electron chi connectivity index (χ1n) is 7.83. The van der Waals surface area contributed by atoms with Gasteiger partial charge in [-0.1, -0.05) is 18.7 Å². The first kappa shape index (κ1) is 16.0. The Morgan fingerprint density at radius 1 is 1.30 bits per heavy atom. The van der Waals surface area contributed by atoms with Crippen LogP contribution < -0.4 is 0 Å². The zero-order valence-corrected chi connectivity index (χ0v) is 14.9. The number of amides is 1. The smallest absolute Gasteiger partial charge is 0.222 e. The molecule has 0 N–H and O–H groups in total. The summed E-state index contributed by atoms with van der Waals surface area (Å²) in [5.74, 6) is 0.978. The lowest BCUT2D eigenvalue weighted by molar-refractivity contribution is -0.132. The Morgan fingerprint density at radius 3 is 2.74 bits per heavy atom. The first-order valence-corrected chi connectivity index (χ1v) is 9.05. The summed E-state index contributed by atoms with van der Waals surface area (Å²) in [6, 6.07) is 0. The van der Waals surface area contributed by atoms with E-state index in [-0.39, 0.29) is 5.91 Å². The van der Waals surface area contributed by atoms with Gasteiger partial charge in [0, 0.05) is 51.3 Å². The number of thioether (sulfide) groups is 1. The van der Waals surface area contributed by atoms with Gasteiger partial charge in [0.05, 0.1) is 0 Å². The number of aromatic nitrogens is 5. The number of nitrogens with zero attached hydrogens (tertiary/aromatic N) is 6. The van der Waals surface area contributed by atoms with Crippen LogP contribution >= 0.6 is 11.8 Å². The minimum Gasteiger partial charge on any atom is -0.338 e. The number of carbonyl (C=O) groups is 1. The van der Waals surface area contributed by atoms with Crippen LogP contribution in [0.15, 0.2) is 5.16 Å². The van der Waals surface area contributed by atoms with E-state index < -0.39 is 0 Å². The summed E-state index contributed by atoms with van der Waals surface area (Å²) in [6.07, 6.45) is 4.29. The van der Waals surface area contributed by atoms with Crippen LogP contribution in [0.5, 0.6) is 0 Å². The van der Waals surface area contributed by atoms with Crippen molar-refractivity contribution in [2.24, 2.45) is 14.1 Å². The SMILES string of the molecule is CCCC(=O)N1CCc2c(c(-c3nnc(SC)n3C)nn2C)C1. The first-order chi connectivity index (χ1) is 11.1. The molecular formula is C15H22N6OS. The molecule has 2 aromatic heterocycles. The molecule has 0 saturated heterocycles. The summed E-state index contributed by atoms with van der Waals surface area (Å²) in [7, 11) is 3.91. The summed E-state index contributed by atoms with van der Waals surface area (Å²) in [6.45, 7) is 3.41. The van der Waals surface area contributed by atoms with Crippen molar-refractivity contribution in [3.05, 3.63) is 11.3 Å². The molecule has 23 heavy (non-hydrogen) atoms. The predicted molar refractivity (Wildman–Crippen MR) is 89.0 cm³/mol. The zero-order chi connectivity index (χ0) is 16.6. The van der Waals surface area contributed by atoms with Gasteiger partial charge in [0.1, 0.15) is 5.69 Å². The molecule has 1 amide bonds. The summed E-state index contributed by atoms with van der Waals surface area (Å²) < 4.78 is 3.87. The molecule has 0 bridgehead atoms. The lowest BCUT2D eigenvalue weighted by atomic mass is 10.0. The van der Waals surface area contributed by atoms with Crippen LogP contribution in [0.3, 0.4) is 0 Å². The molecule has 1 aliphatic heterocycles. The fourth-order valence-electron chi connectivity index (χ4n) is 3.06. The van der Waals surface area contributed by atoms with E-state index in [1.807, 2.05) is 41.4 Å².